The minimum absolute atomic E-state index is 0.597. The average molecular weight is 254 g/mol. The summed E-state index contributed by atoms with van der Waals surface area (Å²) in [5.74, 6) is 1.50. The highest BCUT2D eigenvalue weighted by Crippen LogP contribution is 2.29. The lowest BCUT2D eigenvalue weighted by Gasteiger charge is -2.07. The predicted octanol–water partition coefficient (Wildman–Crippen LogP) is 2.23. The molecule has 1 aromatic carbocycles. The van der Waals surface area contributed by atoms with Crippen LogP contribution in [0.25, 0.3) is 22.6 Å². The molecule has 0 saturated carbocycles. The smallest absolute Gasteiger partial charge is 0.178 e. The molecule has 0 aliphatic carbocycles. The highest BCUT2D eigenvalue weighted by Gasteiger charge is 2.11. The zero-order chi connectivity index (χ0) is 13.4. The van der Waals surface area contributed by atoms with Crippen molar-refractivity contribution >= 4 is 16.9 Å². The van der Waals surface area contributed by atoms with Gasteiger partial charge in [-0.25, -0.2) is 9.97 Å². The van der Waals surface area contributed by atoms with E-state index < -0.39 is 0 Å². The second-order valence-electron chi connectivity index (χ2n) is 4.30. The largest absolute Gasteiger partial charge is 0.495 e. The van der Waals surface area contributed by atoms with Gasteiger partial charge in [0.15, 0.2) is 5.65 Å². The molecule has 5 heteroatoms. The molecular formula is C14H14N4O. The van der Waals surface area contributed by atoms with E-state index in [1.54, 1.807) is 13.3 Å². The summed E-state index contributed by atoms with van der Waals surface area (Å²) in [7, 11) is 3.57. The molecule has 0 unspecified atom stereocenters. The molecule has 19 heavy (non-hydrogen) atoms. The van der Waals surface area contributed by atoms with Crippen molar-refractivity contribution in [3.8, 4) is 17.1 Å². The number of rotatable bonds is 2. The number of nitrogens with two attached hydrogens (primary N) is 1. The molecule has 2 N–H and O–H groups in total. The maximum absolute atomic E-state index is 5.94. The Bertz CT molecular complexity index is 748. The van der Waals surface area contributed by atoms with Gasteiger partial charge >= 0.3 is 0 Å². The van der Waals surface area contributed by atoms with E-state index in [1.807, 2.05) is 41.9 Å². The zero-order valence-electron chi connectivity index (χ0n) is 10.8. The molecule has 5 nitrogen and oxygen atoms in total. The first kappa shape index (κ1) is 11.5. The quantitative estimate of drug-likeness (QED) is 0.712. The molecule has 0 bridgehead atoms. The van der Waals surface area contributed by atoms with Crippen molar-refractivity contribution in [1.29, 1.82) is 0 Å². The SMILES string of the molecule is COc1ccc(-c2nc3ncccc3n2C)cc1N. The third-order valence-corrected chi connectivity index (χ3v) is 3.14. The van der Waals surface area contributed by atoms with Gasteiger partial charge in [-0.15, -0.1) is 0 Å². The molecule has 2 heterocycles. The molecule has 0 atom stereocenters. The Morgan fingerprint density at radius 2 is 2.11 bits per heavy atom. The summed E-state index contributed by atoms with van der Waals surface area (Å²) in [6, 6.07) is 9.54. The van der Waals surface area contributed by atoms with Crippen LogP contribution in [0.1, 0.15) is 0 Å². The zero-order valence-corrected chi connectivity index (χ0v) is 10.8. The van der Waals surface area contributed by atoms with Crippen LogP contribution in [0.4, 0.5) is 5.69 Å². The lowest BCUT2D eigenvalue weighted by Crippen LogP contribution is -1.96. The van der Waals surface area contributed by atoms with Gasteiger partial charge in [-0.2, -0.15) is 0 Å². The standard InChI is InChI=1S/C14H14N4O/c1-18-11-4-3-7-16-13(11)17-14(18)9-5-6-12(19-2)10(15)8-9/h3-8H,15H2,1-2H3. The van der Waals surface area contributed by atoms with E-state index in [4.69, 9.17) is 10.5 Å². The Morgan fingerprint density at radius 3 is 2.79 bits per heavy atom. The summed E-state index contributed by atoms with van der Waals surface area (Å²) in [5, 5.41) is 0. The topological polar surface area (TPSA) is 66.0 Å². The molecule has 0 fully saturated rings. The summed E-state index contributed by atoms with van der Waals surface area (Å²) in [6.45, 7) is 0. The van der Waals surface area contributed by atoms with Gasteiger partial charge in [-0.1, -0.05) is 0 Å². The molecule has 0 radical (unpaired) electrons. The third kappa shape index (κ3) is 1.79. The fourth-order valence-corrected chi connectivity index (χ4v) is 2.16. The Hall–Kier alpha value is -2.56. The van der Waals surface area contributed by atoms with Gasteiger partial charge in [-0.05, 0) is 30.3 Å². The molecule has 0 saturated heterocycles. The van der Waals surface area contributed by atoms with Crippen molar-refractivity contribution in [2.24, 2.45) is 7.05 Å². The monoisotopic (exact) mass is 254 g/mol. The summed E-state index contributed by atoms with van der Waals surface area (Å²) < 4.78 is 7.16. The minimum Gasteiger partial charge on any atom is -0.495 e. The van der Waals surface area contributed by atoms with Crippen LogP contribution in [-0.2, 0) is 7.05 Å². The Labute approximate surface area is 110 Å². The summed E-state index contributed by atoms with van der Waals surface area (Å²) >= 11 is 0. The molecule has 0 spiro atoms. The van der Waals surface area contributed by atoms with E-state index in [2.05, 4.69) is 9.97 Å². The van der Waals surface area contributed by atoms with Gasteiger partial charge in [0.2, 0.25) is 0 Å². The molecule has 0 aliphatic rings. The highest BCUT2D eigenvalue weighted by atomic mass is 16.5. The van der Waals surface area contributed by atoms with E-state index >= 15 is 0 Å². The predicted molar refractivity (Wildman–Crippen MR) is 74.9 cm³/mol. The maximum Gasteiger partial charge on any atom is 0.178 e. The van der Waals surface area contributed by atoms with Crippen molar-refractivity contribution in [1.82, 2.24) is 14.5 Å². The lowest BCUT2D eigenvalue weighted by molar-refractivity contribution is 0.417. The van der Waals surface area contributed by atoms with Gasteiger partial charge in [0.1, 0.15) is 11.6 Å². The lowest BCUT2D eigenvalue weighted by atomic mass is 10.2. The number of ether oxygens (including phenoxy) is 1. The van der Waals surface area contributed by atoms with Crippen molar-refractivity contribution in [3.63, 3.8) is 0 Å². The number of aromatic nitrogens is 3. The minimum atomic E-state index is 0.597. The first-order valence-corrected chi connectivity index (χ1v) is 5.92. The van der Waals surface area contributed by atoms with E-state index in [9.17, 15) is 0 Å². The fourth-order valence-electron chi connectivity index (χ4n) is 2.16. The molecule has 2 aromatic heterocycles. The number of hydrogen-bond donors (Lipinski definition) is 1. The van der Waals surface area contributed by atoms with Crippen molar-refractivity contribution < 1.29 is 4.74 Å². The molecule has 3 aromatic rings. The number of aryl methyl sites for hydroxylation is 1. The summed E-state index contributed by atoms with van der Waals surface area (Å²) in [5.41, 5.74) is 9.20. The maximum atomic E-state index is 5.94. The third-order valence-electron chi connectivity index (χ3n) is 3.14. The molecule has 0 aliphatic heterocycles. The molecular weight excluding hydrogens is 240 g/mol. The van der Waals surface area contributed by atoms with Gasteiger partial charge in [0, 0.05) is 18.8 Å². The van der Waals surface area contributed by atoms with E-state index in [1.165, 1.54) is 0 Å². The summed E-state index contributed by atoms with van der Waals surface area (Å²) in [6.07, 6.45) is 1.74. The van der Waals surface area contributed by atoms with Crippen LogP contribution in [0.15, 0.2) is 36.5 Å². The number of fused-ring (bicyclic) bond motifs is 1. The van der Waals surface area contributed by atoms with Gasteiger partial charge in [0.05, 0.1) is 18.3 Å². The molecule has 3 rings (SSSR count). The molecule has 96 valence electrons. The van der Waals surface area contributed by atoms with Crippen LogP contribution in [0.3, 0.4) is 0 Å². The van der Waals surface area contributed by atoms with Crippen LogP contribution in [0.5, 0.6) is 5.75 Å². The molecule has 0 amide bonds. The van der Waals surface area contributed by atoms with E-state index in [-0.39, 0.29) is 0 Å². The number of imidazole rings is 1. The number of nitrogens with zero attached hydrogens (tertiary/aromatic N) is 3. The second-order valence-corrected chi connectivity index (χ2v) is 4.30. The van der Waals surface area contributed by atoms with Crippen LogP contribution < -0.4 is 10.5 Å². The average Bonchev–Trinajstić information content (AvgIpc) is 2.77. The van der Waals surface area contributed by atoms with Gasteiger partial charge < -0.3 is 15.0 Å². The van der Waals surface area contributed by atoms with Crippen molar-refractivity contribution in [2.75, 3.05) is 12.8 Å². The highest BCUT2D eigenvalue weighted by molar-refractivity contribution is 5.78. The van der Waals surface area contributed by atoms with E-state index in [0.29, 0.717) is 11.4 Å². The second kappa shape index (κ2) is 4.28. The number of anilines is 1. The number of benzene rings is 1. The Balaban J connectivity index is 2.19. The van der Waals surface area contributed by atoms with Crippen LogP contribution in [0.2, 0.25) is 0 Å². The van der Waals surface area contributed by atoms with Gasteiger partial charge in [0.25, 0.3) is 0 Å². The summed E-state index contributed by atoms with van der Waals surface area (Å²) in [4.78, 5) is 8.79. The number of nitrogen functional groups attached to an aromatic ring is 1. The number of methoxy groups -OCH3 is 1. The van der Waals surface area contributed by atoms with Gasteiger partial charge in [-0.3, -0.25) is 0 Å². The Kier molecular flexibility index (Phi) is 2.59. The van der Waals surface area contributed by atoms with Crippen LogP contribution in [-0.4, -0.2) is 21.6 Å². The van der Waals surface area contributed by atoms with Crippen LogP contribution in [0, 0.1) is 0 Å². The fraction of sp³-hybridized carbons (Fsp3) is 0.143. The van der Waals surface area contributed by atoms with Crippen molar-refractivity contribution in [2.45, 2.75) is 0 Å². The van der Waals surface area contributed by atoms with Crippen molar-refractivity contribution in [3.05, 3.63) is 36.5 Å². The normalized spacial score (nSPS) is 10.8. The number of hydrogen-bond acceptors (Lipinski definition) is 4. The van der Waals surface area contributed by atoms with E-state index in [0.717, 1.165) is 22.6 Å². The first-order chi connectivity index (χ1) is 9.20. The number of pyridine rings is 1. The van der Waals surface area contributed by atoms with Crippen LogP contribution >= 0.6 is 0 Å². The first-order valence-electron chi connectivity index (χ1n) is 5.92. The Morgan fingerprint density at radius 1 is 1.26 bits per heavy atom.